The summed E-state index contributed by atoms with van der Waals surface area (Å²) in [6, 6.07) is 18.1. The van der Waals surface area contributed by atoms with Crippen LogP contribution < -0.4 is 4.74 Å². The van der Waals surface area contributed by atoms with Gasteiger partial charge in [0.1, 0.15) is 12.0 Å². The molecule has 1 aromatic heterocycles. The summed E-state index contributed by atoms with van der Waals surface area (Å²) < 4.78 is 10.6. The molecule has 0 N–H and O–H groups in total. The summed E-state index contributed by atoms with van der Waals surface area (Å²) in [6.45, 7) is 0. The molecule has 0 aliphatic carbocycles. The highest BCUT2D eigenvalue weighted by atomic mass is 16.5. The van der Waals surface area contributed by atoms with Gasteiger partial charge in [-0.2, -0.15) is 0 Å². The number of benzene rings is 2. The summed E-state index contributed by atoms with van der Waals surface area (Å²) in [5.41, 5.74) is 2.93. The molecular formula is C21H19NO2. The van der Waals surface area contributed by atoms with Crippen molar-refractivity contribution in [1.29, 1.82) is 0 Å². The zero-order chi connectivity index (χ0) is 16.6. The van der Waals surface area contributed by atoms with E-state index < -0.39 is 0 Å². The van der Waals surface area contributed by atoms with Crippen molar-refractivity contribution in [2.24, 2.45) is 0 Å². The van der Waals surface area contributed by atoms with Gasteiger partial charge in [-0.05, 0) is 48.6 Å². The van der Waals surface area contributed by atoms with Gasteiger partial charge in [0.2, 0.25) is 5.89 Å². The van der Waals surface area contributed by atoms with Crippen LogP contribution in [0.5, 0.6) is 5.75 Å². The lowest BCUT2D eigenvalue weighted by Gasteiger charge is -1.99. The van der Waals surface area contributed by atoms with Crippen molar-refractivity contribution in [1.82, 2.24) is 4.98 Å². The van der Waals surface area contributed by atoms with Gasteiger partial charge in [-0.25, -0.2) is 4.98 Å². The van der Waals surface area contributed by atoms with Crippen LogP contribution >= 0.6 is 0 Å². The Hall–Kier alpha value is -2.99. The number of aryl methyl sites for hydroxylation is 1. The first-order valence-corrected chi connectivity index (χ1v) is 7.98. The number of hydrogen-bond donors (Lipinski definition) is 0. The Balaban J connectivity index is 1.54. The average molecular weight is 317 g/mol. The molecule has 0 spiro atoms. The van der Waals surface area contributed by atoms with E-state index in [0.29, 0.717) is 11.6 Å². The van der Waals surface area contributed by atoms with Crippen molar-refractivity contribution in [2.45, 2.75) is 19.3 Å². The lowest BCUT2D eigenvalue weighted by atomic mass is 10.1. The predicted octanol–water partition coefficient (Wildman–Crippen LogP) is 4.72. The molecule has 0 atom stereocenters. The Bertz CT molecular complexity index is 824. The van der Waals surface area contributed by atoms with Gasteiger partial charge in [0.05, 0.1) is 7.11 Å². The van der Waals surface area contributed by atoms with E-state index in [-0.39, 0.29) is 0 Å². The Morgan fingerprint density at radius 2 is 1.83 bits per heavy atom. The first-order valence-electron chi connectivity index (χ1n) is 7.98. The summed E-state index contributed by atoms with van der Waals surface area (Å²) in [5, 5.41) is 0. The largest absolute Gasteiger partial charge is 0.497 e. The number of nitrogens with zero attached hydrogens (tertiary/aromatic N) is 1. The maximum atomic E-state index is 5.50. The highest BCUT2D eigenvalue weighted by molar-refractivity contribution is 5.55. The smallest absolute Gasteiger partial charge is 0.227 e. The highest BCUT2D eigenvalue weighted by Crippen LogP contribution is 2.21. The molecule has 3 heteroatoms. The topological polar surface area (TPSA) is 35.3 Å². The normalized spacial score (nSPS) is 10.0. The third kappa shape index (κ3) is 4.27. The molecule has 0 amide bonds. The average Bonchev–Trinajstić information content (AvgIpc) is 3.11. The molecule has 0 aliphatic rings. The summed E-state index contributed by atoms with van der Waals surface area (Å²) in [4.78, 5) is 4.41. The van der Waals surface area contributed by atoms with Gasteiger partial charge < -0.3 is 9.15 Å². The van der Waals surface area contributed by atoms with Gasteiger partial charge in [-0.15, -0.1) is 0 Å². The Kier molecular flexibility index (Phi) is 5.32. The number of oxazole rings is 1. The second kappa shape index (κ2) is 8.03. The summed E-state index contributed by atoms with van der Waals surface area (Å²) in [6.07, 6.45) is 4.54. The van der Waals surface area contributed by atoms with Crippen molar-refractivity contribution in [3.05, 3.63) is 72.1 Å². The zero-order valence-corrected chi connectivity index (χ0v) is 13.7. The molecular weight excluding hydrogens is 298 g/mol. The minimum atomic E-state index is 0.575. The minimum absolute atomic E-state index is 0.575. The molecule has 3 nitrogen and oxygen atoms in total. The molecule has 0 unspecified atom stereocenters. The molecule has 0 saturated carbocycles. The maximum Gasteiger partial charge on any atom is 0.227 e. The van der Waals surface area contributed by atoms with E-state index in [2.05, 4.69) is 41.1 Å². The lowest BCUT2D eigenvalue weighted by molar-refractivity contribution is 0.415. The van der Waals surface area contributed by atoms with Gasteiger partial charge >= 0.3 is 0 Å². The fraction of sp³-hybridized carbons (Fsp3) is 0.190. The van der Waals surface area contributed by atoms with Crippen LogP contribution in [0.15, 0.2) is 65.3 Å². The third-order valence-electron chi connectivity index (χ3n) is 3.67. The van der Waals surface area contributed by atoms with E-state index in [9.17, 15) is 0 Å². The van der Waals surface area contributed by atoms with Crippen molar-refractivity contribution < 1.29 is 9.15 Å². The molecule has 2 aromatic carbocycles. The van der Waals surface area contributed by atoms with Crippen LogP contribution in [0.25, 0.3) is 11.5 Å². The number of aromatic nitrogens is 1. The van der Waals surface area contributed by atoms with E-state index in [0.717, 1.165) is 30.6 Å². The minimum Gasteiger partial charge on any atom is -0.497 e. The van der Waals surface area contributed by atoms with Gasteiger partial charge in [0, 0.05) is 12.0 Å². The first-order chi connectivity index (χ1) is 11.8. The van der Waals surface area contributed by atoms with Crippen LogP contribution in [-0.2, 0) is 6.42 Å². The number of ether oxygens (including phenoxy) is 1. The summed E-state index contributed by atoms with van der Waals surface area (Å²) >= 11 is 0. The summed E-state index contributed by atoms with van der Waals surface area (Å²) in [5.74, 6) is 7.61. The fourth-order valence-electron chi connectivity index (χ4n) is 2.38. The molecule has 1 heterocycles. The van der Waals surface area contributed by atoms with E-state index in [4.69, 9.17) is 9.15 Å². The van der Waals surface area contributed by atoms with Crippen LogP contribution in [0.3, 0.4) is 0 Å². The Morgan fingerprint density at radius 1 is 1.04 bits per heavy atom. The third-order valence-corrected chi connectivity index (χ3v) is 3.67. The van der Waals surface area contributed by atoms with Crippen LogP contribution in [0.4, 0.5) is 0 Å². The molecule has 3 aromatic rings. The monoisotopic (exact) mass is 317 g/mol. The number of unbranched alkanes of at least 4 members (excludes halogenated alkanes) is 1. The highest BCUT2D eigenvalue weighted by Gasteiger charge is 2.05. The van der Waals surface area contributed by atoms with Gasteiger partial charge in [-0.3, -0.25) is 0 Å². The molecule has 0 aliphatic heterocycles. The Morgan fingerprint density at radius 3 is 2.58 bits per heavy atom. The molecule has 0 fully saturated rings. The second-order valence-corrected chi connectivity index (χ2v) is 5.41. The Labute approximate surface area is 142 Å². The van der Waals surface area contributed by atoms with E-state index >= 15 is 0 Å². The number of rotatable bonds is 5. The van der Waals surface area contributed by atoms with E-state index in [1.807, 2.05) is 30.3 Å². The first kappa shape index (κ1) is 15.9. The molecule has 0 radical (unpaired) electrons. The summed E-state index contributed by atoms with van der Waals surface area (Å²) in [7, 11) is 1.64. The molecule has 3 rings (SSSR count). The van der Waals surface area contributed by atoms with Crippen LogP contribution in [-0.4, -0.2) is 12.1 Å². The van der Waals surface area contributed by atoms with Crippen molar-refractivity contribution >= 4 is 0 Å². The van der Waals surface area contributed by atoms with Gasteiger partial charge in [0.25, 0.3) is 0 Å². The molecule has 24 heavy (non-hydrogen) atoms. The van der Waals surface area contributed by atoms with E-state index in [1.54, 1.807) is 13.4 Å². The van der Waals surface area contributed by atoms with Crippen LogP contribution in [0.2, 0.25) is 0 Å². The van der Waals surface area contributed by atoms with Crippen molar-refractivity contribution in [3.8, 4) is 29.0 Å². The number of hydrogen-bond acceptors (Lipinski definition) is 3. The predicted molar refractivity (Wildman–Crippen MR) is 94.7 cm³/mol. The molecule has 0 bridgehead atoms. The van der Waals surface area contributed by atoms with Crippen molar-refractivity contribution in [2.75, 3.05) is 7.11 Å². The quantitative estimate of drug-likeness (QED) is 0.504. The second-order valence-electron chi connectivity index (χ2n) is 5.41. The number of methoxy groups -OCH3 is 1. The maximum absolute atomic E-state index is 5.50. The van der Waals surface area contributed by atoms with Crippen molar-refractivity contribution in [3.63, 3.8) is 0 Å². The van der Waals surface area contributed by atoms with Gasteiger partial charge in [-0.1, -0.05) is 36.3 Å². The molecule has 120 valence electrons. The fourth-order valence-corrected chi connectivity index (χ4v) is 2.38. The zero-order valence-electron chi connectivity index (χ0n) is 13.7. The molecule has 0 saturated heterocycles. The van der Waals surface area contributed by atoms with Crippen LogP contribution in [0, 0.1) is 11.8 Å². The SMILES string of the molecule is COc1ccc(-c2nc(C#CCCCc3ccccc3)co2)cc1. The standard InChI is InChI=1S/C21H19NO2/c1-23-20-14-12-18(13-15-20)21-22-19(16-24-21)11-7-3-6-10-17-8-4-2-5-9-17/h2,4-5,8-9,12-16H,3,6,10H2,1H3. The van der Waals surface area contributed by atoms with E-state index in [1.165, 1.54) is 5.56 Å². The lowest BCUT2D eigenvalue weighted by Crippen LogP contribution is -1.84. The van der Waals surface area contributed by atoms with Crippen LogP contribution in [0.1, 0.15) is 24.1 Å². The van der Waals surface area contributed by atoms with Gasteiger partial charge in [0.15, 0.2) is 5.69 Å².